The van der Waals surface area contributed by atoms with Crippen molar-refractivity contribution in [2.45, 2.75) is 18.1 Å². The fourth-order valence-corrected chi connectivity index (χ4v) is 3.47. The van der Waals surface area contributed by atoms with Gasteiger partial charge >= 0.3 is 0 Å². The molecule has 6 heteroatoms. The number of aromatic nitrogens is 2. The van der Waals surface area contributed by atoms with Gasteiger partial charge in [-0.25, -0.2) is 9.97 Å². The molecule has 1 unspecified atom stereocenters. The van der Waals surface area contributed by atoms with Crippen molar-refractivity contribution in [3.63, 3.8) is 0 Å². The van der Waals surface area contributed by atoms with Crippen molar-refractivity contribution < 1.29 is 0 Å². The van der Waals surface area contributed by atoms with Crippen molar-refractivity contribution in [3.05, 3.63) is 40.5 Å². The van der Waals surface area contributed by atoms with Crippen LogP contribution in [0.2, 0.25) is 0 Å². The zero-order chi connectivity index (χ0) is 15.0. The van der Waals surface area contributed by atoms with E-state index in [1.807, 2.05) is 18.5 Å². The Hall–Kier alpha value is -1.27. The highest BCUT2D eigenvalue weighted by Gasteiger charge is 2.29. The van der Waals surface area contributed by atoms with E-state index in [0.29, 0.717) is 0 Å². The maximum Gasteiger partial charge on any atom is 0.189 e. The van der Waals surface area contributed by atoms with Crippen molar-refractivity contribution in [1.29, 1.82) is 0 Å². The summed E-state index contributed by atoms with van der Waals surface area (Å²) in [6.45, 7) is 3.01. The van der Waals surface area contributed by atoms with Crippen molar-refractivity contribution in [3.8, 4) is 0 Å². The van der Waals surface area contributed by atoms with Crippen LogP contribution in [0.3, 0.4) is 0 Å². The quantitative estimate of drug-likeness (QED) is 0.595. The van der Waals surface area contributed by atoms with Crippen LogP contribution in [-0.4, -0.2) is 29.9 Å². The first-order valence-electron chi connectivity index (χ1n) is 6.75. The monoisotopic (exact) mass is 364 g/mol. The summed E-state index contributed by atoms with van der Waals surface area (Å²) in [5.74, 6) is 1.03. The van der Waals surface area contributed by atoms with Crippen LogP contribution in [0.25, 0.3) is 0 Å². The largest absolute Gasteiger partial charge is 0.346 e. The van der Waals surface area contributed by atoms with Crippen LogP contribution in [0, 0.1) is 0 Å². The van der Waals surface area contributed by atoms with Crippen molar-refractivity contribution in [1.82, 2.24) is 9.97 Å². The maximum absolute atomic E-state index is 4.65. The predicted molar refractivity (Wildman–Crippen MR) is 92.1 cm³/mol. The normalized spacial score (nSPS) is 17.8. The number of nitrogens with zero attached hydrogens (tertiary/aromatic N) is 4. The highest BCUT2D eigenvalue weighted by molar-refractivity contribution is 9.10. The minimum absolute atomic E-state index is 0.241. The Kier molecular flexibility index (Phi) is 4.08. The van der Waals surface area contributed by atoms with Gasteiger partial charge in [-0.15, -0.1) is 0 Å². The number of para-hydroxylation sites is 1. The molecule has 1 aliphatic rings. The number of hydrogen-bond donors (Lipinski definition) is 0. The molecule has 0 N–H and O–H groups in total. The molecular weight excluding hydrogens is 348 g/mol. The van der Waals surface area contributed by atoms with Gasteiger partial charge in [-0.05, 0) is 41.2 Å². The number of benzene rings is 1. The molecule has 1 aliphatic heterocycles. The molecule has 0 saturated heterocycles. The molecule has 3 rings (SSSR count). The van der Waals surface area contributed by atoms with Crippen LogP contribution in [0.5, 0.6) is 0 Å². The van der Waals surface area contributed by atoms with E-state index < -0.39 is 0 Å². The first-order chi connectivity index (χ1) is 10.1. The molecule has 0 aliphatic carbocycles. The minimum Gasteiger partial charge on any atom is -0.346 e. The molecule has 1 atom stereocenters. The third-order valence-electron chi connectivity index (χ3n) is 3.76. The fraction of sp³-hybridized carbons (Fsp3) is 0.333. The van der Waals surface area contributed by atoms with Crippen LogP contribution >= 0.6 is 27.7 Å². The first-order valence-corrected chi connectivity index (χ1v) is 8.77. The van der Waals surface area contributed by atoms with Gasteiger partial charge in [-0.2, -0.15) is 0 Å². The van der Waals surface area contributed by atoms with E-state index in [9.17, 15) is 0 Å². The van der Waals surface area contributed by atoms with Gasteiger partial charge in [0.2, 0.25) is 0 Å². The van der Waals surface area contributed by atoms with Gasteiger partial charge in [0.1, 0.15) is 5.82 Å². The fourth-order valence-electron chi connectivity index (χ4n) is 2.62. The molecule has 0 radical (unpaired) electrons. The summed E-state index contributed by atoms with van der Waals surface area (Å²) in [6.07, 6.45) is 3.96. The summed E-state index contributed by atoms with van der Waals surface area (Å²) in [5.41, 5.74) is 2.36. The second-order valence-electron chi connectivity index (χ2n) is 5.07. The SMILES string of the molecule is CSc1ncc2c(n1)N(C)CN(c1ccccc1Br)C2C. The van der Waals surface area contributed by atoms with E-state index in [0.717, 1.165) is 27.7 Å². The zero-order valence-electron chi connectivity index (χ0n) is 12.2. The van der Waals surface area contributed by atoms with E-state index in [4.69, 9.17) is 0 Å². The summed E-state index contributed by atoms with van der Waals surface area (Å²) < 4.78 is 1.11. The van der Waals surface area contributed by atoms with Gasteiger partial charge in [0.05, 0.1) is 18.4 Å². The number of thioether (sulfide) groups is 1. The van der Waals surface area contributed by atoms with Crippen LogP contribution < -0.4 is 9.80 Å². The Balaban J connectivity index is 2.03. The molecule has 1 aromatic heterocycles. The van der Waals surface area contributed by atoms with Crippen molar-refractivity contribution in [2.24, 2.45) is 0 Å². The van der Waals surface area contributed by atoms with Gasteiger partial charge in [0.25, 0.3) is 0 Å². The van der Waals surface area contributed by atoms with E-state index >= 15 is 0 Å². The van der Waals surface area contributed by atoms with Gasteiger partial charge in [0, 0.05) is 23.3 Å². The van der Waals surface area contributed by atoms with Crippen molar-refractivity contribution >= 4 is 39.2 Å². The second kappa shape index (κ2) is 5.85. The highest BCUT2D eigenvalue weighted by atomic mass is 79.9. The van der Waals surface area contributed by atoms with Crippen LogP contribution in [-0.2, 0) is 0 Å². The average Bonchev–Trinajstić information content (AvgIpc) is 2.51. The molecule has 1 aromatic carbocycles. The van der Waals surface area contributed by atoms with Crippen molar-refractivity contribution in [2.75, 3.05) is 29.8 Å². The number of rotatable bonds is 2. The molecule has 0 spiro atoms. The lowest BCUT2D eigenvalue weighted by molar-refractivity contribution is 0.611. The van der Waals surface area contributed by atoms with Crippen LogP contribution in [0.4, 0.5) is 11.5 Å². The van der Waals surface area contributed by atoms with Crippen LogP contribution in [0.15, 0.2) is 40.1 Å². The third-order valence-corrected chi connectivity index (χ3v) is 4.99. The standard InChI is InChI=1S/C15H17BrN4S/c1-10-11-8-17-15(21-3)18-14(11)19(2)9-20(10)13-7-5-4-6-12(13)16/h4-8,10H,9H2,1-3H3. The van der Waals surface area contributed by atoms with Crippen LogP contribution in [0.1, 0.15) is 18.5 Å². The zero-order valence-corrected chi connectivity index (χ0v) is 14.6. The molecule has 110 valence electrons. The van der Waals surface area contributed by atoms with Gasteiger partial charge in [-0.1, -0.05) is 23.9 Å². The van der Waals surface area contributed by atoms with Gasteiger partial charge in [0.15, 0.2) is 5.16 Å². The summed E-state index contributed by atoms with van der Waals surface area (Å²) in [5, 5.41) is 0.821. The molecule has 0 fully saturated rings. The molecule has 2 heterocycles. The second-order valence-corrected chi connectivity index (χ2v) is 6.70. The molecule has 21 heavy (non-hydrogen) atoms. The third kappa shape index (κ3) is 2.62. The molecule has 2 aromatic rings. The lowest BCUT2D eigenvalue weighted by Gasteiger charge is -2.41. The predicted octanol–water partition coefficient (Wildman–Crippen LogP) is 3.94. The number of hydrogen-bond acceptors (Lipinski definition) is 5. The minimum atomic E-state index is 0.241. The lowest BCUT2D eigenvalue weighted by atomic mass is 10.1. The van der Waals surface area contributed by atoms with E-state index in [-0.39, 0.29) is 6.04 Å². The smallest absolute Gasteiger partial charge is 0.189 e. The average molecular weight is 365 g/mol. The Bertz CT molecular complexity index is 664. The Labute approximate surface area is 137 Å². The van der Waals surface area contributed by atoms with E-state index in [2.05, 4.69) is 67.9 Å². The molecule has 0 saturated carbocycles. The number of halogens is 1. The summed E-state index contributed by atoms with van der Waals surface area (Å²) in [6, 6.07) is 8.55. The Morgan fingerprint density at radius 1 is 1.33 bits per heavy atom. The molecule has 0 amide bonds. The molecular formula is C15H17BrN4S. The molecule has 0 bridgehead atoms. The molecule has 4 nitrogen and oxygen atoms in total. The topological polar surface area (TPSA) is 32.3 Å². The number of fused-ring (bicyclic) bond motifs is 1. The van der Waals surface area contributed by atoms with Gasteiger partial charge < -0.3 is 9.80 Å². The first kappa shape index (κ1) is 14.7. The number of anilines is 2. The van der Waals surface area contributed by atoms with Gasteiger partial charge in [-0.3, -0.25) is 0 Å². The summed E-state index contributed by atoms with van der Waals surface area (Å²) in [7, 11) is 2.08. The summed E-state index contributed by atoms with van der Waals surface area (Å²) in [4.78, 5) is 13.6. The Morgan fingerprint density at radius 3 is 2.81 bits per heavy atom. The lowest BCUT2D eigenvalue weighted by Crippen LogP contribution is -2.43. The van der Waals surface area contributed by atoms with E-state index in [1.165, 1.54) is 5.69 Å². The van der Waals surface area contributed by atoms with E-state index in [1.54, 1.807) is 11.8 Å². The highest BCUT2D eigenvalue weighted by Crippen LogP contribution is 2.39. The summed E-state index contributed by atoms with van der Waals surface area (Å²) >= 11 is 5.22. The Morgan fingerprint density at radius 2 is 2.10 bits per heavy atom. The maximum atomic E-state index is 4.65.